The molecule has 2 rings (SSSR count). The van der Waals surface area contributed by atoms with Crippen molar-refractivity contribution in [2.24, 2.45) is 5.92 Å². The van der Waals surface area contributed by atoms with Crippen LogP contribution in [-0.2, 0) is 5.41 Å². The third kappa shape index (κ3) is 3.14. The lowest BCUT2D eigenvalue weighted by atomic mass is 9.59. The van der Waals surface area contributed by atoms with Crippen molar-refractivity contribution in [2.45, 2.75) is 57.9 Å². The van der Waals surface area contributed by atoms with Crippen molar-refractivity contribution in [1.82, 2.24) is 5.32 Å². The van der Waals surface area contributed by atoms with E-state index < -0.39 is 0 Å². The van der Waals surface area contributed by atoms with Crippen molar-refractivity contribution in [3.63, 3.8) is 0 Å². The van der Waals surface area contributed by atoms with Crippen LogP contribution < -0.4 is 5.32 Å². The van der Waals surface area contributed by atoms with Crippen LogP contribution in [0.15, 0.2) is 24.3 Å². The normalized spacial score (nSPS) is 19.2. The molecular weight excluding hydrogens is 254 g/mol. The predicted octanol–water partition coefficient (Wildman–Crippen LogP) is 4.79. The first-order chi connectivity index (χ1) is 9.08. The quantitative estimate of drug-likeness (QED) is 0.790. The van der Waals surface area contributed by atoms with E-state index in [1.54, 1.807) is 0 Å². The maximum Gasteiger partial charge on any atom is 0.0406 e. The summed E-state index contributed by atoms with van der Waals surface area (Å²) in [5.74, 6) is 0.730. The zero-order chi connectivity index (χ0) is 13.9. The molecule has 0 heterocycles. The molecule has 2 heteroatoms. The Morgan fingerprint density at radius 2 is 1.84 bits per heavy atom. The van der Waals surface area contributed by atoms with E-state index in [9.17, 15) is 0 Å². The van der Waals surface area contributed by atoms with Crippen LogP contribution in [0.2, 0.25) is 5.02 Å². The van der Waals surface area contributed by atoms with E-state index in [0.717, 1.165) is 17.5 Å². The first-order valence-electron chi connectivity index (χ1n) is 7.58. The van der Waals surface area contributed by atoms with Crippen molar-refractivity contribution in [2.75, 3.05) is 6.54 Å². The molecule has 1 nitrogen and oxygen atoms in total. The number of likely N-dealkylation sites (N-methyl/N-ethyl adjacent to an activating group) is 1. The monoisotopic (exact) mass is 279 g/mol. The van der Waals surface area contributed by atoms with Crippen LogP contribution in [-0.4, -0.2) is 12.6 Å². The Morgan fingerprint density at radius 1 is 1.21 bits per heavy atom. The van der Waals surface area contributed by atoms with Crippen LogP contribution in [0.3, 0.4) is 0 Å². The Balaban J connectivity index is 2.26. The topological polar surface area (TPSA) is 12.0 Å². The van der Waals surface area contributed by atoms with Gasteiger partial charge in [-0.1, -0.05) is 50.9 Å². The van der Waals surface area contributed by atoms with Gasteiger partial charge in [-0.05, 0) is 49.4 Å². The SMILES string of the molecule is CCNC(CC(C)C)C1(c2ccc(Cl)cc2)CCC1. The second-order valence-corrected chi connectivity index (χ2v) is 6.69. The van der Waals surface area contributed by atoms with Gasteiger partial charge < -0.3 is 5.32 Å². The lowest BCUT2D eigenvalue weighted by Gasteiger charge is -2.49. The highest BCUT2D eigenvalue weighted by molar-refractivity contribution is 6.30. The molecule has 1 aromatic carbocycles. The van der Waals surface area contributed by atoms with Crippen molar-refractivity contribution < 1.29 is 0 Å². The molecule has 1 aliphatic carbocycles. The van der Waals surface area contributed by atoms with Gasteiger partial charge in [-0.15, -0.1) is 0 Å². The number of hydrogen-bond donors (Lipinski definition) is 1. The Hall–Kier alpha value is -0.530. The standard InChI is InChI=1S/C17H26ClN/c1-4-19-16(12-13(2)3)17(10-5-11-17)14-6-8-15(18)9-7-14/h6-9,13,16,19H,4-5,10-12H2,1-3H3. The molecule has 1 atom stereocenters. The summed E-state index contributed by atoms with van der Waals surface area (Å²) < 4.78 is 0. The largest absolute Gasteiger partial charge is 0.313 e. The fourth-order valence-electron chi connectivity index (χ4n) is 3.40. The number of rotatable bonds is 6. The van der Waals surface area contributed by atoms with Gasteiger partial charge in [-0.2, -0.15) is 0 Å². The zero-order valence-corrected chi connectivity index (χ0v) is 13.1. The first-order valence-corrected chi connectivity index (χ1v) is 7.95. The molecule has 1 saturated carbocycles. The molecule has 0 aromatic heterocycles. The van der Waals surface area contributed by atoms with Crippen LogP contribution in [0.5, 0.6) is 0 Å². The van der Waals surface area contributed by atoms with E-state index in [0.29, 0.717) is 11.5 Å². The number of halogens is 1. The van der Waals surface area contributed by atoms with Gasteiger partial charge in [0, 0.05) is 16.5 Å². The Morgan fingerprint density at radius 3 is 2.26 bits per heavy atom. The molecule has 19 heavy (non-hydrogen) atoms. The number of hydrogen-bond acceptors (Lipinski definition) is 1. The minimum Gasteiger partial charge on any atom is -0.313 e. The summed E-state index contributed by atoms with van der Waals surface area (Å²) in [4.78, 5) is 0. The van der Waals surface area contributed by atoms with E-state index in [-0.39, 0.29) is 0 Å². The van der Waals surface area contributed by atoms with Crippen LogP contribution in [0.1, 0.15) is 52.0 Å². The molecule has 1 fully saturated rings. The summed E-state index contributed by atoms with van der Waals surface area (Å²) in [6.07, 6.45) is 5.21. The van der Waals surface area contributed by atoms with Crippen LogP contribution >= 0.6 is 11.6 Å². The lowest BCUT2D eigenvalue weighted by molar-refractivity contribution is 0.153. The molecule has 0 bridgehead atoms. The third-order valence-electron chi connectivity index (χ3n) is 4.49. The van der Waals surface area contributed by atoms with Gasteiger partial charge in [0.1, 0.15) is 0 Å². The first kappa shape index (κ1) is 14.9. The van der Waals surface area contributed by atoms with Gasteiger partial charge in [0.25, 0.3) is 0 Å². The average molecular weight is 280 g/mol. The lowest BCUT2D eigenvalue weighted by Crippen LogP contribution is -2.53. The van der Waals surface area contributed by atoms with Gasteiger partial charge in [0.05, 0.1) is 0 Å². The second-order valence-electron chi connectivity index (χ2n) is 6.26. The van der Waals surface area contributed by atoms with Crippen molar-refractivity contribution in [1.29, 1.82) is 0 Å². The van der Waals surface area contributed by atoms with Crippen molar-refractivity contribution >= 4 is 11.6 Å². The average Bonchev–Trinajstić information content (AvgIpc) is 2.29. The maximum atomic E-state index is 6.03. The Bertz CT molecular complexity index is 392. The highest BCUT2D eigenvalue weighted by atomic mass is 35.5. The highest BCUT2D eigenvalue weighted by Gasteiger charge is 2.44. The highest BCUT2D eigenvalue weighted by Crippen LogP contribution is 2.48. The zero-order valence-electron chi connectivity index (χ0n) is 12.4. The van der Waals surface area contributed by atoms with Gasteiger partial charge in [-0.25, -0.2) is 0 Å². The van der Waals surface area contributed by atoms with Gasteiger partial charge in [-0.3, -0.25) is 0 Å². The summed E-state index contributed by atoms with van der Waals surface area (Å²) in [6, 6.07) is 9.12. The Labute approximate surface area is 122 Å². The summed E-state index contributed by atoms with van der Waals surface area (Å²) in [5.41, 5.74) is 1.81. The van der Waals surface area contributed by atoms with Crippen LogP contribution in [0, 0.1) is 5.92 Å². The summed E-state index contributed by atoms with van der Waals surface area (Å²) >= 11 is 6.03. The fraction of sp³-hybridized carbons (Fsp3) is 0.647. The maximum absolute atomic E-state index is 6.03. The summed E-state index contributed by atoms with van der Waals surface area (Å²) in [7, 11) is 0. The van der Waals surface area contributed by atoms with E-state index in [1.165, 1.54) is 31.2 Å². The van der Waals surface area contributed by atoms with Crippen molar-refractivity contribution in [3.05, 3.63) is 34.9 Å². The van der Waals surface area contributed by atoms with E-state index in [1.807, 2.05) is 12.1 Å². The number of benzene rings is 1. The molecule has 1 unspecified atom stereocenters. The van der Waals surface area contributed by atoms with E-state index in [4.69, 9.17) is 11.6 Å². The summed E-state index contributed by atoms with van der Waals surface area (Å²) in [5, 5.41) is 4.57. The molecule has 0 aliphatic heterocycles. The minimum atomic E-state index is 0.338. The van der Waals surface area contributed by atoms with Crippen LogP contribution in [0.25, 0.3) is 0 Å². The molecule has 1 aromatic rings. The molecule has 1 aliphatic rings. The minimum absolute atomic E-state index is 0.338. The third-order valence-corrected chi connectivity index (χ3v) is 4.74. The second kappa shape index (κ2) is 6.28. The smallest absolute Gasteiger partial charge is 0.0406 e. The van der Waals surface area contributed by atoms with E-state index >= 15 is 0 Å². The molecule has 1 N–H and O–H groups in total. The van der Waals surface area contributed by atoms with Gasteiger partial charge in [0.15, 0.2) is 0 Å². The van der Waals surface area contributed by atoms with Crippen molar-refractivity contribution in [3.8, 4) is 0 Å². The summed E-state index contributed by atoms with van der Waals surface area (Å²) in [6.45, 7) is 7.89. The molecule has 0 amide bonds. The molecular formula is C17H26ClN. The predicted molar refractivity (Wildman–Crippen MR) is 83.9 cm³/mol. The van der Waals surface area contributed by atoms with E-state index in [2.05, 4.69) is 38.2 Å². The molecule has 0 radical (unpaired) electrons. The van der Waals surface area contributed by atoms with Gasteiger partial charge >= 0.3 is 0 Å². The molecule has 106 valence electrons. The Kier molecular flexibility index (Phi) is 4.92. The van der Waals surface area contributed by atoms with Gasteiger partial charge in [0.2, 0.25) is 0 Å². The fourth-order valence-corrected chi connectivity index (χ4v) is 3.53. The number of nitrogens with one attached hydrogen (secondary N) is 1. The van der Waals surface area contributed by atoms with Crippen LogP contribution in [0.4, 0.5) is 0 Å². The molecule has 0 spiro atoms. The molecule has 0 saturated heterocycles.